The second-order valence-electron chi connectivity index (χ2n) is 5.89. The number of rotatable bonds is 5. The number of nitrogens with two attached hydrogens (primary N) is 1. The molecule has 0 saturated heterocycles. The lowest BCUT2D eigenvalue weighted by molar-refractivity contribution is -0.112. The van der Waals surface area contributed by atoms with Gasteiger partial charge < -0.3 is 21.5 Å². The van der Waals surface area contributed by atoms with Crippen LogP contribution in [0.3, 0.4) is 0 Å². The van der Waals surface area contributed by atoms with E-state index in [1.54, 1.807) is 48.5 Å². The van der Waals surface area contributed by atoms with Gasteiger partial charge in [0.05, 0.1) is 0 Å². The van der Waals surface area contributed by atoms with Crippen molar-refractivity contribution in [2.45, 2.75) is 0 Å². The van der Waals surface area contributed by atoms with E-state index in [9.17, 15) is 20.0 Å². The van der Waals surface area contributed by atoms with Gasteiger partial charge in [-0.25, -0.2) is 0 Å². The molecule has 0 saturated carbocycles. The lowest BCUT2D eigenvalue weighted by atomic mass is 10.1. The maximum absolute atomic E-state index is 12.5. The van der Waals surface area contributed by atoms with Gasteiger partial charge in [0.2, 0.25) is 5.91 Å². The van der Waals surface area contributed by atoms with Gasteiger partial charge in [-0.05, 0) is 36.4 Å². The molecule has 0 fully saturated rings. The van der Waals surface area contributed by atoms with Crippen molar-refractivity contribution in [2.24, 2.45) is 5.73 Å². The molecule has 0 atom stereocenters. The molecule has 3 aromatic rings. The van der Waals surface area contributed by atoms with Crippen molar-refractivity contribution in [3.63, 3.8) is 0 Å². The molecule has 0 spiro atoms. The average Bonchev–Trinajstić information content (AvgIpc) is 2.69. The zero-order chi connectivity index (χ0) is 20.1. The molecular formula is C21H16N4O3. The summed E-state index contributed by atoms with van der Waals surface area (Å²) in [5.74, 6) is -1.04. The molecule has 7 nitrogen and oxygen atoms in total. The number of amides is 2. The van der Waals surface area contributed by atoms with Crippen molar-refractivity contribution in [3.8, 4) is 11.8 Å². The number of hydrogen-bond acceptors (Lipinski definition) is 5. The first-order valence-electron chi connectivity index (χ1n) is 8.28. The normalized spacial score (nSPS) is 10.9. The number of phenolic OH excluding ortho intramolecular Hbond substituents is 1. The monoisotopic (exact) mass is 372 g/mol. The molecule has 5 N–H and O–H groups in total. The number of anilines is 2. The van der Waals surface area contributed by atoms with Gasteiger partial charge in [0.1, 0.15) is 17.4 Å². The highest BCUT2D eigenvalue weighted by molar-refractivity contribution is 6.11. The van der Waals surface area contributed by atoms with Crippen LogP contribution in [0.15, 0.2) is 72.4 Å². The van der Waals surface area contributed by atoms with Crippen LogP contribution in [0.4, 0.5) is 11.4 Å². The molecule has 2 amide bonds. The number of phenols is 1. The second kappa shape index (κ2) is 7.93. The Bertz CT molecular complexity index is 1130. The predicted molar refractivity (Wildman–Crippen MR) is 107 cm³/mol. The smallest absolute Gasteiger partial charge is 0.267 e. The van der Waals surface area contributed by atoms with Gasteiger partial charge in [0, 0.05) is 33.9 Å². The van der Waals surface area contributed by atoms with Gasteiger partial charge in [-0.2, -0.15) is 5.26 Å². The Kier molecular flexibility index (Phi) is 5.23. The van der Waals surface area contributed by atoms with Crippen LogP contribution in [0.25, 0.3) is 10.8 Å². The van der Waals surface area contributed by atoms with E-state index >= 15 is 0 Å². The second-order valence-corrected chi connectivity index (χ2v) is 5.89. The number of nitrogens with one attached hydrogen (secondary N) is 2. The third kappa shape index (κ3) is 3.92. The van der Waals surface area contributed by atoms with Gasteiger partial charge in [0.15, 0.2) is 0 Å². The Morgan fingerprint density at radius 3 is 2.36 bits per heavy atom. The van der Waals surface area contributed by atoms with Crippen LogP contribution < -0.4 is 16.4 Å². The molecule has 0 aliphatic rings. The van der Waals surface area contributed by atoms with Gasteiger partial charge in [-0.15, -0.1) is 0 Å². The number of aromatic hydroxyl groups is 1. The van der Waals surface area contributed by atoms with E-state index in [2.05, 4.69) is 10.6 Å². The molecule has 0 aliphatic heterocycles. The largest absolute Gasteiger partial charge is 0.507 e. The fraction of sp³-hybridized carbons (Fsp3) is 0. The fourth-order valence-electron chi connectivity index (χ4n) is 2.63. The Labute approximate surface area is 160 Å². The lowest BCUT2D eigenvalue weighted by Gasteiger charge is -2.09. The zero-order valence-corrected chi connectivity index (χ0v) is 14.6. The maximum atomic E-state index is 12.5. The minimum atomic E-state index is -0.598. The molecule has 0 aromatic heterocycles. The van der Waals surface area contributed by atoms with E-state index < -0.39 is 11.8 Å². The molecule has 0 aliphatic carbocycles. The summed E-state index contributed by atoms with van der Waals surface area (Å²) in [7, 11) is 0. The molecule has 0 unspecified atom stereocenters. The molecule has 3 rings (SSSR count). The fourth-order valence-corrected chi connectivity index (χ4v) is 2.63. The van der Waals surface area contributed by atoms with E-state index in [-0.39, 0.29) is 11.3 Å². The quantitative estimate of drug-likeness (QED) is 0.404. The molecule has 0 radical (unpaired) electrons. The standard InChI is InChI=1S/C21H16N4O3/c22-11-14(12-24-15-9-7-13(8-10-15)20(23)27)21(28)25-18-5-1-4-17-16(18)3-2-6-19(17)26/h1-10,12,24,26H,(H2,23,27)(H,25,28)/b14-12-. The van der Waals surface area contributed by atoms with Crippen LogP contribution in [-0.2, 0) is 4.79 Å². The summed E-state index contributed by atoms with van der Waals surface area (Å²) in [5.41, 5.74) is 6.46. The summed E-state index contributed by atoms with van der Waals surface area (Å²) < 4.78 is 0. The van der Waals surface area contributed by atoms with Gasteiger partial charge >= 0.3 is 0 Å². The van der Waals surface area contributed by atoms with Crippen LogP contribution in [0.1, 0.15) is 10.4 Å². The highest BCUT2D eigenvalue weighted by atomic mass is 16.3. The van der Waals surface area contributed by atoms with Crippen molar-refractivity contribution >= 4 is 34.0 Å². The van der Waals surface area contributed by atoms with E-state index in [0.29, 0.717) is 27.7 Å². The Balaban J connectivity index is 1.79. The maximum Gasteiger partial charge on any atom is 0.267 e. The Morgan fingerprint density at radius 2 is 1.68 bits per heavy atom. The van der Waals surface area contributed by atoms with E-state index in [1.807, 2.05) is 6.07 Å². The summed E-state index contributed by atoms with van der Waals surface area (Å²) in [4.78, 5) is 23.6. The SMILES string of the molecule is N#C/C(=C/Nc1ccc(C(N)=O)cc1)C(=O)Nc1cccc2c(O)cccc12. The van der Waals surface area contributed by atoms with Gasteiger partial charge in [-0.1, -0.05) is 24.3 Å². The average molecular weight is 372 g/mol. The number of nitrogens with zero attached hydrogens (tertiary/aromatic N) is 1. The predicted octanol–water partition coefficient (Wildman–Crippen LogP) is 3.10. The van der Waals surface area contributed by atoms with Gasteiger partial charge in [0.25, 0.3) is 5.91 Å². The van der Waals surface area contributed by atoms with Crippen molar-refractivity contribution in [3.05, 3.63) is 78.0 Å². The molecule has 0 heterocycles. The van der Waals surface area contributed by atoms with Gasteiger partial charge in [-0.3, -0.25) is 9.59 Å². The van der Waals surface area contributed by atoms with Crippen molar-refractivity contribution in [1.29, 1.82) is 5.26 Å². The summed E-state index contributed by atoms with van der Waals surface area (Å²) in [6, 6.07) is 18.2. The Hall–Kier alpha value is -4.31. The topological polar surface area (TPSA) is 128 Å². The summed E-state index contributed by atoms with van der Waals surface area (Å²) >= 11 is 0. The van der Waals surface area contributed by atoms with Crippen LogP contribution in [0, 0.1) is 11.3 Å². The first-order chi connectivity index (χ1) is 13.5. The summed E-state index contributed by atoms with van der Waals surface area (Å²) in [6.07, 6.45) is 1.28. The third-order valence-electron chi connectivity index (χ3n) is 4.06. The number of carbonyl (C=O) groups is 2. The van der Waals surface area contributed by atoms with Crippen molar-refractivity contribution < 1.29 is 14.7 Å². The van der Waals surface area contributed by atoms with Crippen LogP contribution >= 0.6 is 0 Å². The van der Waals surface area contributed by atoms with Crippen LogP contribution in [0.5, 0.6) is 5.75 Å². The number of benzene rings is 3. The lowest BCUT2D eigenvalue weighted by Crippen LogP contribution is -2.15. The minimum absolute atomic E-state index is 0.103. The number of fused-ring (bicyclic) bond motifs is 1. The van der Waals surface area contributed by atoms with E-state index in [4.69, 9.17) is 5.73 Å². The third-order valence-corrected chi connectivity index (χ3v) is 4.06. The summed E-state index contributed by atoms with van der Waals surface area (Å²) in [5, 5.41) is 26.0. The highest BCUT2D eigenvalue weighted by Crippen LogP contribution is 2.29. The first kappa shape index (κ1) is 18.5. The number of nitriles is 1. The molecule has 0 bridgehead atoms. The van der Waals surface area contributed by atoms with E-state index in [0.717, 1.165) is 0 Å². The highest BCUT2D eigenvalue weighted by Gasteiger charge is 2.12. The van der Waals surface area contributed by atoms with Crippen LogP contribution in [-0.4, -0.2) is 16.9 Å². The molecule has 7 heteroatoms. The molecule has 3 aromatic carbocycles. The first-order valence-corrected chi connectivity index (χ1v) is 8.28. The molecular weight excluding hydrogens is 356 g/mol. The zero-order valence-electron chi connectivity index (χ0n) is 14.6. The molecule has 28 heavy (non-hydrogen) atoms. The Morgan fingerprint density at radius 1 is 1.00 bits per heavy atom. The number of carbonyl (C=O) groups excluding carboxylic acids is 2. The van der Waals surface area contributed by atoms with Crippen LogP contribution in [0.2, 0.25) is 0 Å². The summed E-state index contributed by atoms with van der Waals surface area (Å²) in [6.45, 7) is 0. The molecule has 138 valence electrons. The number of primary amides is 1. The van der Waals surface area contributed by atoms with Crippen molar-refractivity contribution in [2.75, 3.05) is 10.6 Å². The van der Waals surface area contributed by atoms with Crippen molar-refractivity contribution in [1.82, 2.24) is 0 Å². The number of hydrogen-bond donors (Lipinski definition) is 4. The minimum Gasteiger partial charge on any atom is -0.507 e. The van der Waals surface area contributed by atoms with E-state index in [1.165, 1.54) is 18.3 Å².